The number of carbonyl (C=O) groups is 1. The maximum atomic E-state index is 13.0. The first-order chi connectivity index (χ1) is 9.91. The lowest BCUT2D eigenvalue weighted by atomic mass is 10.1. The number of halogens is 3. The number of ether oxygens (including phenoxy) is 1. The van der Waals surface area contributed by atoms with Crippen LogP contribution in [0, 0.1) is 6.92 Å². The average Bonchev–Trinajstić information content (AvgIpc) is 2.79. The van der Waals surface area contributed by atoms with Crippen LogP contribution in [0.15, 0.2) is 18.2 Å². The van der Waals surface area contributed by atoms with E-state index in [4.69, 9.17) is 4.74 Å². The van der Waals surface area contributed by atoms with Crippen LogP contribution in [-0.2, 0) is 11.2 Å². The summed E-state index contributed by atoms with van der Waals surface area (Å²) >= 11 is 0. The van der Waals surface area contributed by atoms with Gasteiger partial charge in [-0.1, -0.05) is 17.7 Å². The minimum atomic E-state index is -2.79. The van der Waals surface area contributed by atoms with Crippen LogP contribution in [0.2, 0.25) is 0 Å². The van der Waals surface area contributed by atoms with E-state index >= 15 is 0 Å². The van der Waals surface area contributed by atoms with Gasteiger partial charge in [-0.2, -0.15) is 0 Å². The Labute approximate surface area is 135 Å². The second kappa shape index (κ2) is 7.74. The summed E-state index contributed by atoms with van der Waals surface area (Å²) in [5.41, 5.74) is 2.09. The molecule has 0 aromatic heterocycles. The number of methoxy groups -OCH3 is 1. The normalized spacial score (nSPS) is 19.4. The van der Waals surface area contributed by atoms with E-state index in [1.807, 2.05) is 25.1 Å². The predicted molar refractivity (Wildman–Crippen MR) is 83.0 cm³/mol. The smallest absolute Gasteiger partial charge is 0.262 e. The molecule has 7 heteroatoms. The molecule has 1 atom stereocenters. The molecule has 1 aliphatic heterocycles. The highest BCUT2D eigenvalue weighted by Gasteiger charge is 2.42. The molecule has 0 bridgehead atoms. The first kappa shape index (κ1) is 18.6. The lowest BCUT2D eigenvalue weighted by Gasteiger charge is -2.13. The SMILES string of the molecule is COc1ccc(C)cc1CCNC(=O)C1CC(F)(F)CN1.Cl. The maximum Gasteiger partial charge on any atom is 0.262 e. The molecule has 124 valence electrons. The van der Waals surface area contributed by atoms with E-state index < -0.39 is 24.9 Å². The standard InChI is InChI=1S/C15H20F2N2O2.ClH/c1-10-3-4-13(21-2)11(7-10)5-6-18-14(20)12-8-15(16,17)9-19-12;/h3-4,7,12,19H,5-6,8-9H2,1-2H3,(H,18,20);1H. The van der Waals surface area contributed by atoms with Gasteiger partial charge in [-0.25, -0.2) is 8.78 Å². The van der Waals surface area contributed by atoms with Crippen LogP contribution in [-0.4, -0.2) is 38.1 Å². The van der Waals surface area contributed by atoms with Crippen molar-refractivity contribution in [2.45, 2.75) is 31.7 Å². The molecule has 0 aliphatic carbocycles. The highest BCUT2D eigenvalue weighted by molar-refractivity contribution is 5.85. The third-order valence-electron chi connectivity index (χ3n) is 3.56. The van der Waals surface area contributed by atoms with E-state index in [1.165, 1.54) is 0 Å². The number of amides is 1. The van der Waals surface area contributed by atoms with E-state index in [9.17, 15) is 13.6 Å². The molecule has 4 nitrogen and oxygen atoms in total. The molecule has 22 heavy (non-hydrogen) atoms. The molecule has 1 unspecified atom stereocenters. The van der Waals surface area contributed by atoms with Crippen molar-refractivity contribution < 1.29 is 18.3 Å². The van der Waals surface area contributed by atoms with Crippen LogP contribution in [0.1, 0.15) is 17.5 Å². The Morgan fingerprint density at radius 3 is 2.82 bits per heavy atom. The molecule has 0 spiro atoms. The minimum absolute atomic E-state index is 0. The summed E-state index contributed by atoms with van der Waals surface area (Å²) in [6.45, 7) is 1.94. The van der Waals surface area contributed by atoms with Gasteiger partial charge in [0.25, 0.3) is 5.92 Å². The summed E-state index contributed by atoms with van der Waals surface area (Å²) in [5, 5.41) is 5.23. The summed E-state index contributed by atoms with van der Waals surface area (Å²) in [6.07, 6.45) is 0.159. The van der Waals surface area contributed by atoms with Crippen molar-refractivity contribution in [1.29, 1.82) is 0 Å². The van der Waals surface area contributed by atoms with E-state index in [2.05, 4.69) is 10.6 Å². The van der Waals surface area contributed by atoms with Crippen molar-refractivity contribution in [3.63, 3.8) is 0 Å². The quantitative estimate of drug-likeness (QED) is 0.867. The molecule has 1 fully saturated rings. The van der Waals surface area contributed by atoms with Gasteiger partial charge in [0.15, 0.2) is 0 Å². The fourth-order valence-corrected chi connectivity index (χ4v) is 2.45. The first-order valence-corrected chi connectivity index (χ1v) is 6.94. The molecule has 1 aromatic rings. The van der Waals surface area contributed by atoms with Gasteiger partial charge in [0.2, 0.25) is 5.91 Å². The highest BCUT2D eigenvalue weighted by atomic mass is 35.5. The zero-order valence-corrected chi connectivity index (χ0v) is 13.4. The van der Waals surface area contributed by atoms with Gasteiger partial charge in [0, 0.05) is 13.0 Å². The van der Waals surface area contributed by atoms with Crippen molar-refractivity contribution in [2.75, 3.05) is 20.2 Å². The number of hydrogen-bond donors (Lipinski definition) is 2. The number of carbonyl (C=O) groups excluding carboxylic acids is 1. The van der Waals surface area contributed by atoms with Gasteiger partial charge >= 0.3 is 0 Å². The second-order valence-corrected chi connectivity index (χ2v) is 5.35. The Morgan fingerprint density at radius 2 is 2.23 bits per heavy atom. The van der Waals surface area contributed by atoms with Crippen LogP contribution >= 0.6 is 12.4 Å². The fourth-order valence-electron chi connectivity index (χ4n) is 2.45. The van der Waals surface area contributed by atoms with E-state index in [-0.39, 0.29) is 18.3 Å². The maximum absolute atomic E-state index is 13.0. The van der Waals surface area contributed by atoms with Crippen LogP contribution in [0.25, 0.3) is 0 Å². The largest absolute Gasteiger partial charge is 0.496 e. The van der Waals surface area contributed by atoms with E-state index in [1.54, 1.807) is 7.11 Å². The number of nitrogens with one attached hydrogen (secondary N) is 2. The highest BCUT2D eigenvalue weighted by Crippen LogP contribution is 2.25. The summed E-state index contributed by atoms with van der Waals surface area (Å²) < 4.78 is 31.3. The zero-order valence-electron chi connectivity index (χ0n) is 12.6. The van der Waals surface area contributed by atoms with Crippen molar-refractivity contribution in [3.8, 4) is 5.75 Å². The van der Waals surface area contributed by atoms with Gasteiger partial charge in [0.05, 0.1) is 19.7 Å². The molecule has 0 radical (unpaired) electrons. The molecule has 1 amide bonds. The third kappa shape index (κ3) is 4.81. The minimum Gasteiger partial charge on any atom is -0.496 e. The molecular weight excluding hydrogens is 314 g/mol. The van der Waals surface area contributed by atoms with Crippen molar-refractivity contribution >= 4 is 18.3 Å². The average molecular weight is 335 g/mol. The molecular formula is C15H21ClF2N2O2. The van der Waals surface area contributed by atoms with Crippen LogP contribution in [0.5, 0.6) is 5.75 Å². The summed E-state index contributed by atoms with van der Waals surface area (Å²) in [5.74, 6) is -2.40. The number of alkyl halides is 2. The van der Waals surface area contributed by atoms with Gasteiger partial charge < -0.3 is 10.1 Å². The Kier molecular flexibility index (Phi) is 6.56. The van der Waals surface area contributed by atoms with Gasteiger partial charge in [-0.05, 0) is 25.0 Å². The fraction of sp³-hybridized carbons (Fsp3) is 0.533. The molecule has 2 rings (SSSR count). The van der Waals surface area contributed by atoms with Crippen molar-refractivity contribution in [1.82, 2.24) is 10.6 Å². The van der Waals surface area contributed by atoms with Crippen molar-refractivity contribution in [3.05, 3.63) is 29.3 Å². The number of rotatable bonds is 5. The van der Waals surface area contributed by atoms with Gasteiger partial charge in [-0.3, -0.25) is 10.1 Å². The zero-order chi connectivity index (χ0) is 15.5. The summed E-state index contributed by atoms with van der Waals surface area (Å²) in [6, 6.07) is 5.02. The van der Waals surface area contributed by atoms with Crippen LogP contribution in [0.4, 0.5) is 8.78 Å². The molecule has 1 saturated heterocycles. The topological polar surface area (TPSA) is 50.4 Å². The van der Waals surface area contributed by atoms with Crippen LogP contribution < -0.4 is 15.4 Å². The lowest BCUT2D eigenvalue weighted by molar-refractivity contribution is -0.123. The van der Waals surface area contributed by atoms with Crippen molar-refractivity contribution in [2.24, 2.45) is 0 Å². The van der Waals surface area contributed by atoms with E-state index in [0.717, 1.165) is 16.9 Å². The molecule has 0 saturated carbocycles. The van der Waals surface area contributed by atoms with Gasteiger partial charge in [-0.15, -0.1) is 12.4 Å². The predicted octanol–water partition coefficient (Wildman–Crippen LogP) is 2.08. The lowest BCUT2D eigenvalue weighted by Crippen LogP contribution is -2.41. The second-order valence-electron chi connectivity index (χ2n) is 5.35. The molecule has 1 aliphatic rings. The Bertz CT molecular complexity index is 526. The van der Waals surface area contributed by atoms with Crippen LogP contribution in [0.3, 0.4) is 0 Å². The summed E-state index contributed by atoms with van der Waals surface area (Å²) in [7, 11) is 1.59. The first-order valence-electron chi connectivity index (χ1n) is 6.94. The molecule has 1 aromatic carbocycles. The summed E-state index contributed by atoms with van der Waals surface area (Å²) in [4.78, 5) is 11.8. The Hall–Kier alpha value is -1.40. The molecule has 1 heterocycles. The van der Waals surface area contributed by atoms with Gasteiger partial charge in [0.1, 0.15) is 5.75 Å². The number of aryl methyl sites for hydroxylation is 1. The number of benzene rings is 1. The molecule has 2 N–H and O–H groups in total. The Balaban J connectivity index is 0.00000242. The Morgan fingerprint density at radius 1 is 1.50 bits per heavy atom. The van der Waals surface area contributed by atoms with E-state index in [0.29, 0.717) is 13.0 Å². The third-order valence-corrected chi connectivity index (χ3v) is 3.56. The number of hydrogen-bond acceptors (Lipinski definition) is 3. The monoisotopic (exact) mass is 334 g/mol.